The Morgan fingerprint density at radius 3 is 2.45 bits per heavy atom. The van der Waals surface area contributed by atoms with Gasteiger partial charge in [0.05, 0.1) is 0 Å². The van der Waals surface area contributed by atoms with Crippen molar-refractivity contribution in [2.24, 2.45) is 0 Å². The number of hydrogen-bond acceptors (Lipinski definition) is 3. The summed E-state index contributed by atoms with van der Waals surface area (Å²) in [6.45, 7) is 8.74. The van der Waals surface area contributed by atoms with E-state index >= 15 is 0 Å². The van der Waals surface area contributed by atoms with E-state index in [1.807, 2.05) is 0 Å². The minimum Gasteiger partial charge on any atom is -0.314 e. The molecule has 66 valence electrons. The fraction of sp³-hybridized carbons (Fsp3) is 1.00. The molecule has 11 heavy (non-hydrogen) atoms. The minimum absolute atomic E-state index is 0.595. The van der Waals surface area contributed by atoms with Crippen molar-refractivity contribution in [2.45, 2.75) is 25.9 Å². The van der Waals surface area contributed by atoms with Crippen molar-refractivity contribution in [1.29, 1.82) is 0 Å². The smallest absolute Gasteiger partial charge is 0.0164 e. The molecule has 3 heteroatoms. The molecule has 1 saturated heterocycles. The van der Waals surface area contributed by atoms with Crippen LogP contribution in [0.1, 0.15) is 13.8 Å². The SMILES string of the molecule is CC1CNCCNC(C)CN1. The van der Waals surface area contributed by atoms with Gasteiger partial charge in [0, 0.05) is 38.3 Å². The van der Waals surface area contributed by atoms with Gasteiger partial charge in [0.1, 0.15) is 0 Å². The molecular weight excluding hydrogens is 138 g/mol. The highest BCUT2D eigenvalue weighted by Crippen LogP contribution is 1.84. The van der Waals surface area contributed by atoms with Crippen molar-refractivity contribution in [3.8, 4) is 0 Å². The third-order valence-electron chi connectivity index (χ3n) is 2.02. The summed E-state index contributed by atoms with van der Waals surface area (Å²) in [5, 5.41) is 10.2. The normalized spacial score (nSPS) is 35.5. The Morgan fingerprint density at radius 2 is 1.64 bits per heavy atom. The van der Waals surface area contributed by atoms with Crippen molar-refractivity contribution in [1.82, 2.24) is 16.0 Å². The molecule has 0 spiro atoms. The molecule has 3 N–H and O–H groups in total. The molecule has 0 amide bonds. The maximum Gasteiger partial charge on any atom is 0.0164 e. The number of rotatable bonds is 0. The first-order chi connectivity index (χ1) is 5.29. The Labute approximate surface area is 68.9 Å². The summed E-state index contributed by atoms with van der Waals surface area (Å²) in [4.78, 5) is 0. The summed E-state index contributed by atoms with van der Waals surface area (Å²) in [6, 6.07) is 1.19. The average Bonchev–Trinajstić information content (AvgIpc) is 2.06. The molecular formula is C8H19N3. The molecule has 1 heterocycles. The quantitative estimate of drug-likeness (QED) is 0.445. The fourth-order valence-electron chi connectivity index (χ4n) is 1.25. The fourth-order valence-corrected chi connectivity index (χ4v) is 1.25. The average molecular weight is 157 g/mol. The van der Waals surface area contributed by atoms with Crippen LogP contribution in [0.25, 0.3) is 0 Å². The van der Waals surface area contributed by atoms with E-state index in [0.29, 0.717) is 12.1 Å². The van der Waals surface area contributed by atoms with Crippen LogP contribution in [0.5, 0.6) is 0 Å². The molecule has 0 saturated carbocycles. The predicted molar refractivity (Wildman–Crippen MR) is 47.8 cm³/mol. The standard InChI is InChI=1S/C8H19N3/c1-7-5-9-3-4-10-8(2)6-11-7/h7-11H,3-6H2,1-2H3. The van der Waals surface area contributed by atoms with Crippen LogP contribution in [-0.2, 0) is 0 Å². The van der Waals surface area contributed by atoms with E-state index in [-0.39, 0.29) is 0 Å². The zero-order valence-corrected chi connectivity index (χ0v) is 7.48. The molecule has 1 aliphatic rings. The first-order valence-corrected chi connectivity index (χ1v) is 4.46. The van der Waals surface area contributed by atoms with Crippen LogP contribution >= 0.6 is 0 Å². The van der Waals surface area contributed by atoms with Gasteiger partial charge < -0.3 is 16.0 Å². The zero-order valence-electron chi connectivity index (χ0n) is 7.48. The second-order valence-electron chi connectivity index (χ2n) is 3.37. The van der Waals surface area contributed by atoms with Gasteiger partial charge in [0.2, 0.25) is 0 Å². The van der Waals surface area contributed by atoms with Crippen LogP contribution in [-0.4, -0.2) is 38.3 Å². The summed E-state index contributed by atoms with van der Waals surface area (Å²) in [7, 11) is 0. The third-order valence-corrected chi connectivity index (χ3v) is 2.02. The number of hydrogen-bond donors (Lipinski definition) is 3. The van der Waals surface area contributed by atoms with Crippen LogP contribution in [0.4, 0.5) is 0 Å². The van der Waals surface area contributed by atoms with E-state index in [1.165, 1.54) is 0 Å². The van der Waals surface area contributed by atoms with E-state index in [1.54, 1.807) is 0 Å². The van der Waals surface area contributed by atoms with E-state index < -0.39 is 0 Å². The van der Waals surface area contributed by atoms with Crippen LogP contribution in [0.15, 0.2) is 0 Å². The molecule has 0 aliphatic carbocycles. The summed E-state index contributed by atoms with van der Waals surface area (Å²) < 4.78 is 0. The molecule has 0 aromatic carbocycles. The second-order valence-corrected chi connectivity index (χ2v) is 3.37. The molecule has 1 aliphatic heterocycles. The van der Waals surface area contributed by atoms with E-state index in [0.717, 1.165) is 26.2 Å². The molecule has 0 aromatic heterocycles. The Bertz CT molecular complexity index is 93.5. The predicted octanol–water partition coefficient (Wildman–Crippen LogP) is -0.454. The van der Waals surface area contributed by atoms with Crippen molar-refractivity contribution in [2.75, 3.05) is 26.2 Å². The summed E-state index contributed by atoms with van der Waals surface area (Å²) in [6.07, 6.45) is 0. The molecule has 3 nitrogen and oxygen atoms in total. The van der Waals surface area contributed by atoms with Gasteiger partial charge in [-0.3, -0.25) is 0 Å². The molecule has 2 atom stereocenters. The van der Waals surface area contributed by atoms with Crippen LogP contribution in [0.3, 0.4) is 0 Å². The molecule has 1 fully saturated rings. The van der Waals surface area contributed by atoms with Gasteiger partial charge in [-0.05, 0) is 13.8 Å². The van der Waals surface area contributed by atoms with Crippen molar-refractivity contribution in [3.05, 3.63) is 0 Å². The van der Waals surface area contributed by atoms with Crippen LogP contribution < -0.4 is 16.0 Å². The Kier molecular flexibility index (Phi) is 3.83. The highest BCUT2D eigenvalue weighted by atomic mass is 15.1. The highest BCUT2D eigenvalue weighted by molar-refractivity contribution is 4.72. The van der Waals surface area contributed by atoms with Crippen molar-refractivity contribution < 1.29 is 0 Å². The van der Waals surface area contributed by atoms with Gasteiger partial charge in [-0.1, -0.05) is 0 Å². The van der Waals surface area contributed by atoms with Gasteiger partial charge in [-0.25, -0.2) is 0 Å². The zero-order chi connectivity index (χ0) is 8.10. The monoisotopic (exact) mass is 157 g/mol. The molecule has 1 rings (SSSR count). The molecule has 0 bridgehead atoms. The highest BCUT2D eigenvalue weighted by Gasteiger charge is 2.06. The maximum atomic E-state index is 3.45. The summed E-state index contributed by atoms with van der Waals surface area (Å²) >= 11 is 0. The second kappa shape index (κ2) is 4.70. The van der Waals surface area contributed by atoms with Gasteiger partial charge in [-0.15, -0.1) is 0 Å². The van der Waals surface area contributed by atoms with E-state index in [9.17, 15) is 0 Å². The van der Waals surface area contributed by atoms with Gasteiger partial charge in [0.25, 0.3) is 0 Å². The lowest BCUT2D eigenvalue weighted by Gasteiger charge is -2.15. The van der Waals surface area contributed by atoms with Gasteiger partial charge >= 0.3 is 0 Å². The first-order valence-electron chi connectivity index (χ1n) is 4.46. The Morgan fingerprint density at radius 1 is 0.909 bits per heavy atom. The minimum atomic E-state index is 0.595. The largest absolute Gasteiger partial charge is 0.314 e. The van der Waals surface area contributed by atoms with Crippen LogP contribution in [0, 0.1) is 0 Å². The van der Waals surface area contributed by atoms with Crippen molar-refractivity contribution >= 4 is 0 Å². The van der Waals surface area contributed by atoms with E-state index in [4.69, 9.17) is 0 Å². The summed E-state index contributed by atoms with van der Waals surface area (Å²) in [5.74, 6) is 0. The first kappa shape index (κ1) is 8.97. The lowest BCUT2D eigenvalue weighted by Crippen LogP contribution is -2.40. The number of nitrogens with one attached hydrogen (secondary N) is 3. The van der Waals surface area contributed by atoms with Crippen LogP contribution in [0.2, 0.25) is 0 Å². The lowest BCUT2D eigenvalue weighted by atomic mass is 10.3. The van der Waals surface area contributed by atoms with Gasteiger partial charge in [0.15, 0.2) is 0 Å². The lowest BCUT2D eigenvalue weighted by molar-refractivity contribution is 0.485. The Hall–Kier alpha value is -0.120. The topological polar surface area (TPSA) is 36.1 Å². The van der Waals surface area contributed by atoms with Gasteiger partial charge in [-0.2, -0.15) is 0 Å². The molecule has 0 radical (unpaired) electrons. The van der Waals surface area contributed by atoms with E-state index in [2.05, 4.69) is 29.8 Å². The third kappa shape index (κ3) is 3.70. The molecule has 0 aromatic rings. The summed E-state index contributed by atoms with van der Waals surface area (Å²) in [5.41, 5.74) is 0. The van der Waals surface area contributed by atoms with Crippen molar-refractivity contribution in [3.63, 3.8) is 0 Å². The molecule has 2 unspecified atom stereocenters. The maximum absolute atomic E-state index is 3.45. The Balaban J connectivity index is 2.25.